The monoisotopic (exact) mass is 439 g/mol. The summed E-state index contributed by atoms with van der Waals surface area (Å²) in [5.41, 5.74) is 1.29. The third-order valence-electron chi connectivity index (χ3n) is 6.32. The average Bonchev–Trinajstić information content (AvgIpc) is 3.37. The Kier molecular flexibility index (Phi) is 5.25. The van der Waals surface area contributed by atoms with Gasteiger partial charge in [-0.15, -0.1) is 10.2 Å². The van der Waals surface area contributed by atoms with Crippen molar-refractivity contribution in [1.29, 1.82) is 0 Å². The van der Waals surface area contributed by atoms with E-state index < -0.39 is 6.04 Å². The number of hydrogen-bond donors (Lipinski definition) is 0. The maximum absolute atomic E-state index is 13.6. The molecule has 7 nitrogen and oxygen atoms in total. The van der Waals surface area contributed by atoms with Crippen LogP contribution in [0.15, 0.2) is 35.6 Å². The van der Waals surface area contributed by atoms with Gasteiger partial charge in [0.25, 0.3) is 5.91 Å². The third-order valence-corrected chi connectivity index (χ3v) is 7.30. The molecule has 1 aliphatic carbocycles. The number of aryl methyl sites for hydroxylation is 1. The summed E-state index contributed by atoms with van der Waals surface area (Å²) in [7, 11) is 1.61. The highest BCUT2D eigenvalue weighted by atomic mass is 32.1. The molecule has 3 aliphatic rings. The summed E-state index contributed by atoms with van der Waals surface area (Å²) in [6.07, 6.45) is 5.21. The van der Waals surface area contributed by atoms with Gasteiger partial charge in [-0.05, 0) is 43.4 Å². The van der Waals surface area contributed by atoms with E-state index in [0.717, 1.165) is 49.1 Å². The van der Waals surface area contributed by atoms with Crippen LogP contribution in [0.2, 0.25) is 0 Å². The Morgan fingerprint density at radius 3 is 2.68 bits per heavy atom. The zero-order valence-corrected chi connectivity index (χ0v) is 18.5. The van der Waals surface area contributed by atoms with Gasteiger partial charge >= 0.3 is 0 Å². The molecule has 2 aliphatic heterocycles. The molecule has 3 heterocycles. The molecule has 162 valence electrons. The van der Waals surface area contributed by atoms with Crippen molar-refractivity contribution in [3.8, 4) is 5.75 Å². The number of benzene rings is 1. The third kappa shape index (κ3) is 3.33. The van der Waals surface area contributed by atoms with Crippen molar-refractivity contribution in [3.63, 3.8) is 0 Å². The van der Waals surface area contributed by atoms with Crippen LogP contribution in [0.5, 0.6) is 5.75 Å². The van der Waals surface area contributed by atoms with E-state index in [1.54, 1.807) is 12.0 Å². The van der Waals surface area contributed by atoms with Crippen molar-refractivity contribution in [2.24, 2.45) is 5.92 Å². The van der Waals surface area contributed by atoms with Gasteiger partial charge in [-0.1, -0.05) is 36.8 Å². The van der Waals surface area contributed by atoms with Crippen LogP contribution < -0.4 is 9.64 Å². The van der Waals surface area contributed by atoms with E-state index in [4.69, 9.17) is 9.47 Å². The second-order valence-electron chi connectivity index (χ2n) is 8.23. The Morgan fingerprint density at radius 2 is 1.94 bits per heavy atom. The lowest BCUT2D eigenvalue weighted by Gasteiger charge is -2.35. The Hall–Kier alpha value is -2.74. The standard InChI is InChI=1S/C23H25N3O4S/c1-3-6-17-24-25-23(31-17)26-19(13-9-11-14(29-2)12-10-13)18-20(27)15-7-4-5-8-16(15)30-21(18)22(26)28/h9-12,15-16,19H,3-8H2,1-2H3. The number of carbonyl (C=O) groups is 2. The van der Waals surface area contributed by atoms with Gasteiger partial charge in [0.1, 0.15) is 16.9 Å². The fourth-order valence-electron chi connectivity index (χ4n) is 4.80. The molecular weight excluding hydrogens is 414 g/mol. The van der Waals surface area contributed by atoms with E-state index in [1.807, 2.05) is 24.3 Å². The second-order valence-corrected chi connectivity index (χ2v) is 9.27. The van der Waals surface area contributed by atoms with Gasteiger partial charge in [0, 0.05) is 6.42 Å². The van der Waals surface area contributed by atoms with Crippen molar-refractivity contribution in [2.45, 2.75) is 57.6 Å². The Balaban J connectivity index is 1.60. The molecule has 1 fully saturated rings. The first-order valence-corrected chi connectivity index (χ1v) is 11.7. The molecule has 0 N–H and O–H groups in total. The molecule has 31 heavy (non-hydrogen) atoms. The molecule has 0 spiro atoms. The summed E-state index contributed by atoms with van der Waals surface area (Å²) < 4.78 is 11.5. The zero-order valence-electron chi connectivity index (χ0n) is 17.7. The number of amides is 1. The highest BCUT2D eigenvalue weighted by Crippen LogP contribution is 2.48. The number of hydrogen-bond acceptors (Lipinski definition) is 7. The molecular formula is C23H25N3O4S. The fourth-order valence-corrected chi connectivity index (χ4v) is 5.77. The van der Waals surface area contributed by atoms with Crippen molar-refractivity contribution in [3.05, 3.63) is 46.2 Å². The Morgan fingerprint density at radius 1 is 1.16 bits per heavy atom. The first kappa shape index (κ1) is 20.2. The van der Waals surface area contributed by atoms with Crippen LogP contribution in [-0.4, -0.2) is 35.1 Å². The summed E-state index contributed by atoms with van der Waals surface area (Å²) in [4.78, 5) is 28.7. The Labute approximate surface area is 185 Å². The molecule has 1 aromatic carbocycles. The van der Waals surface area contributed by atoms with Gasteiger partial charge in [0.2, 0.25) is 5.13 Å². The SMILES string of the molecule is CCCc1nnc(N2C(=O)C3=C(C(=O)C4CCCCC4O3)C2c2ccc(OC)cc2)s1. The average molecular weight is 440 g/mol. The number of Topliss-reactive ketones (excluding diaryl/α,β-unsaturated/α-hetero) is 1. The summed E-state index contributed by atoms with van der Waals surface area (Å²) in [5, 5.41) is 9.95. The van der Waals surface area contributed by atoms with Crippen molar-refractivity contribution in [1.82, 2.24) is 10.2 Å². The molecule has 8 heteroatoms. The molecule has 0 saturated heterocycles. The number of nitrogens with zero attached hydrogens (tertiary/aromatic N) is 3. The number of aromatic nitrogens is 2. The number of ketones is 1. The van der Waals surface area contributed by atoms with Crippen molar-refractivity contribution in [2.75, 3.05) is 12.0 Å². The topological polar surface area (TPSA) is 81.6 Å². The Bertz CT molecular complexity index is 1050. The van der Waals surface area contributed by atoms with Crippen molar-refractivity contribution >= 4 is 28.2 Å². The number of anilines is 1. The molecule has 1 amide bonds. The quantitative estimate of drug-likeness (QED) is 0.700. The summed E-state index contributed by atoms with van der Waals surface area (Å²) >= 11 is 1.40. The summed E-state index contributed by atoms with van der Waals surface area (Å²) in [6, 6.07) is 6.92. The maximum atomic E-state index is 13.6. The van der Waals surface area contributed by atoms with Gasteiger partial charge in [-0.2, -0.15) is 0 Å². The predicted molar refractivity (Wildman–Crippen MR) is 116 cm³/mol. The molecule has 3 unspecified atom stereocenters. The van der Waals surface area contributed by atoms with Gasteiger partial charge in [-0.3, -0.25) is 14.5 Å². The van der Waals surface area contributed by atoms with E-state index >= 15 is 0 Å². The highest BCUT2D eigenvalue weighted by Gasteiger charge is 2.53. The highest BCUT2D eigenvalue weighted by molar-refractivity contribution is 7.15. The largest absolute Gasteiger partial charge is 0.497 e. The normalized spacial score (nSPS) is 25.4. The molecule has 0 bridgehead atoms. The number of methoxy groups -OCH3 is 1. The minimum Gasteiger partial charge on any atom is -0.497 e. The lowest BCUT2D eigenvalue weighted by atomic mass is 9.77. The van der Waals surface area contributed by atoms with E-state index in [9.17, 15) is 9.59 Å². The van der Waals surface area contributed by atoms with Gasteiger partial charge in [0.05, 0.1) is 24.6 Å². The molecule has 0 radical (unpaired) electrons. The minimum absolute atomic E-state index is 0.0425. The second kappa shape index (κ2) is 8.07. The van der Waals surface area contributed by atoms with Crippen LogP contribution >= 0.6 is 11.3 Å². The molecule has 1 saturated carbocycles. The van der Waals surface area contributed by atoms with Crippen LogP contribution in [0, 0.1) is 5.92 Å². The van der Waals surface area contributed by atoms with Crippen LogP contribution in [0.3, 0.4) is 0 Å². The van der Waals surface area contributed by atoms with E-state index in [0.29, 0.717) is 16.5 Å². The smallest absolute Gasteiger partial charge is 0.296 e. The lowest BCUT2D eigenvalue weighted by Crippen LogP contribution is -2.39. The predicted octanol–water partition coefficient (Wildman–Crippen LogP) is 4.00. The maximum Gasteiger partial charge on any atom is 0.296 e. The summed E-state index contributed by atoms with van der Waals surface area (Å²) in [6.45, 7) is 2.08. The van der Waals surface area contributed by atoms with E-state index in [1.165, 1.54) is 11.3 Å². The van der Waals surface area contributed by atoms with E-state index in [2.05, 4.69) is 17.1 Å². The number of carbonyl (C=O) groups excluding carboxylic acids is 2. The van der Waals surface area contributed by atoms with Crippen LogP contribution in [0.25, 0.3) is 0 Å². The fraction of sp³-hybridized carbons (Fsp3) is 0.478. The van der Waals surface area contributed by atoms with Crippen LogP contribution in [0.1, 0.15) is 55.6 Å². The van der Waals surface area contributed by atoms with E-state index in [-0.39, 0.29) is 29.5 Å². The molecule has 3 atom stereocenters. The van der Waals surface area contributed by atoms with Gasteiger partial charge < -0.3 is 9.47 Å². The zero-order chi connectivity index (χ0) is 21.5. The molecule has 1 aromatic heterocycles. The van der Waals surface area contributed by atoms with Crippen LogP contribution in [0.4, 0.5) is 5.13 Å². The number of fused-ring (bicyclic) bond motifs is 1. The minimum atomic E-state index is -0.564. The lowest BCUT2D eigenvalue weighted by molar-refractivity contribution is -0.131. The summed E-state index contributed by atoms with van der Waals surface area (Å²) in [5.74, 6) is 0.481. The van der Waals surface area contributed by atoms with Crippen LogP contribution in [-0.2, 0) is 20.7 Å². The molecule has 2 aromatic rings. The number of rotatable bonds is 5. The van der Waals surface area contributed by atoms with Crippen molar-refractivity contribution < 1.29 is 19.1 Å². The molecule has 5 rings (SSSR count). The first-order chi connectivity index (χ1) is 15.1. The van der Waals surface area contributed by atoms with Gasteiger partial charge in [-0.25, -0.2) is 0 Å². The van der Waals surface area contributed by atoms with Gasteiger partial charge in [0.15, 0.2) is 11.5 Å². The number of ether oxygens (including phenoxy) is 2. The first-order valence-electron chi connectivity index (χ1n) is 10.9.